The lowest BCUT2D eigenvalue weighted by Crippen LogP contribution is -2.45. The second-order valence-electron chi connectivity index (χ2n) is 6.91. The predicted molar refractivity (Wildman–Crippen MR) is 87.1 cm³/mol. The number of esters is 1. The Labute approximate surface area is 130 Å². The number of nitrogens with zero attached hydrogens (tertiary/aromatic N) is 1. The van der Waals surface area contributed by atoms with E-state index in [4.69, 9.17) is 10.5 Å². The Bertz CT molecular complexity index is 315. The Hall–Kier alpha value is -0.610. The lowest BCUT2D eigenvalue weighted by molar-refractivity contribution is -0.146. The zero-order valence-electron chi connectivity index (χ0n) is 14.4. The highest BCUT2D eigenvalue weighted by atomic mass is 16.5. The molecule has 1 heterocycles. The van der Waals surface area contributed by atoms with Crippen LogP contribution in [0.5, 0.6) is 0 Å². The van der Waals surface area contributed by atoms with Crippen molar-refractivity contribution in [1.82, 2.24) is 4.90 Å². The molecule has 4 nitrogen and oxygen atoms in total. The van der Waals surface area contributed by atoms with E-state index in [1.165, 1.54) is 45.9 Å². The number of carbonyl (C=O) groups excluding carboxylic acids is 1. The summed E-state index contributed by atoms with van der Waals surface area (Å²) in [5.41, 5.74) is 5.73. The van der Waals surface area contributed by atoms with Crippen LogP contribution in [0, 0.1) is 5.41 Å². The molecule has 1 atom stereocenters. The van der Waals surface area contributed by atoms with Crippen LogP contribution in [0.2, 0.25) is 0 Å². The van der Waals surface area contributed by atoms with Crippen LogP contribution >= 0.6 is 0 Å². The van der Waals surface area contributed by atoms with Crippen molar-refractivity contribution in [2.75, 3.05) is 26.7 Å². The van der Waals surface area contributed by atoms with Crippen LogP contribution in [-0.2, 0) is 9.53 Å². The zero-order valence-corrected chi connectivity index (χ0v) is 14.4. The first-order valence-electron chi connectivity index (χ1n) is 8.49. The fourth-order valence-corrected chi connectivity index (χ4v) is 3.37. The Morgan fingerprint density at radius 2 is 1.81 bits per heavy atom. The SMILES string of the molecule is CCC1(CC)CCN(CCCCC(C)(N)C(=O)OC)CC1. The standard InChI is InChI=1S/C17H34N2O2/c1-5-17(6-2)10-13-19(14-11-17)12-8-7-9-16(3,18)15(20)21-4/h5-14,18H2,1-4H3. The first kappa shape index (κ1) is 18.4. The minimum Gasteiger partial charge on any atom is -0.468 e. The Morgan fingerprint density at radius 3 is 2.29 bits per heavy atom. The van der Waals surface area contributed by atoms with E-state index in [9.17, 15) is 4.79 Å². The number of nitrogens with two attached hydrogens (primary N) is 1. The van der Waals surface area contributed by atoms with Crippen molar-refractivity contribution in [2.45, 2.75) is 71.3 Å². The van der Waals surface area contributed by atoms with Gasteiger partial charge in [-0.2, -0.15) is 0 Å². The Kier molecular flexibility index (Phi) is 7.14. The molecule has 1 saturated heterocycles. The molecule has 0 bridgehead atoms. The van der Waals surface area contributed by atoms with Crippen LogP contribution in [0.25, 0.3) is 0 Å². The highest BCUT2D eigenvalue weighted by molar-refractivity contribution is 5.79. The molecule has 1 fully saturated rings. The average molecular weight is 298 g/mol. The summed E-state index contributed by atoms with van der Waals surface area (Å²) in [5.74, 6) is -0.309. The third kappa shape index (κ3) is 5.26. The van der Waals surface area contributed by atoms with Crippen molar-refractivity contribution in [2.24, 2.45) is 11.1 Å². The van der Waals surface area contributed by atoms with E-state index < -0.39 is 5.54 Å². The monoisotopic (exact) mass is 298 g/mol. The van der Waals surface area contributed by atoms with Crippen molar-refractivity contribution in [1.29, 1.82) is 0 Å². The molecule has 0 spiro atoms. The van der Waals surface area contributed by atoms with Gasteiger partial charge in [0.2, 0.25) is 0 Å². The first-order chi connectivity index (χ1) is 9.89. The van der Waals surface area contributed by atoms with E-state index in [-0.39, 0.29) is 5.97 Å². The number of rotatable bonds is 8. The van der Waals surface area contributed by atoms with Gasteiger partial charge in [-0.1, -0.05) is 26.7 Å². The van der Waals surface area contributed by atoms with Gasteiger partial charge >= 0.3 is 5.97 Å². The second-order valence-corrected chi connectivity index (χ2v) is 6.91. The van der Waals surface area contributed by atoms with E-state index >= 15 is 0 Å². The van der Waals surface area contributed by atoms with Crippen LogP contribution in [0.3, 0.4) is 0 Å². The fourth-order valence-electron chi connectivity index (χ4n) is 3.37. The van der Waals surface area contributed by atoms with Gasteiger partial charge < -0.3 is 15.4 Å². The van der Waals surface area contributed by atoms with Crippen LogP contribution in [-0.4, -0.2) is 43.2 Å². The maximum absolute atomic E-state index is 11.5. The van der Waals surface area contributed by atoms with Gasteiger partial charge in [0.1, 0.15) is 5.54 Å². The maximum atomic E-state index is 11.5. The van der Waals surface area contributed by atoms with E-state index in [0.29, 0.717) is 11.8 Å². The molecular formula is C17H34N2O2. The maximum Gasteiger partial charge on any atom is 0.325 e. The summed E-state index contributed by atoms with van der Waals surface area (Å²) < 4.78 is 4.74. The smallest absolute Gasteiger partial charge is 0.325 e. The van der Waals surface area contributed by atoms with Crippen molar-refractivity contribution in [3.05, 3.63) is 0 Å². The van der Waals surface area contributed by atoms with E-state index in [2.05, 4.69) is 18.7 Å². The van der Waals surface area contributed by atoms with Gasteiger partial charge in [-0.15, -0.1) is 0 Å². The molecule has 21 heavy (non-hydrogen) atoms. The number of piperidine rings is 1. The minimum atomic E-state index is -0.837. The summed E-state index contributed by atoms with van der Waals surface area (Å²) in [6.07, 6.45) is 8.05. The summed E-state index contributed by atoms with van der Waals surface area (Å²) >= 11 is 0. The quantitative estimate of drug-likeness (QED) is 0.553. The van der Waals surface area contributed by atoms with Gasteiger partial charge in [-0.25, -0.2) is 0 Å². The number of ether oxygens (including phenoxy) is 1. The van der Waals surface area contributed by atoms with Crippen LogP contribution in [0.4, 0.5) is 0 Å². The minimum absolute atomic E-state index is 0.309. The summed E-state index contributed by atoms with van der Waals surface area (Å²) in [5, 5.41) is 0. The summed E-state index contributed by atoms with van der Waals surface area (Å²) in [6, 6.07) is 0. The molecule has 1 aliphatic heterocycles. The third-order valence-corrected chi connectivity index (χ3v) is 5.49. The summed E-state index contributed by atoms with van der Waals surface area (Å²) in [4.78, 5) is 14.1. The molecule has 0 aliphatic carbocycles. The highest BCUT2D eigenvalue weighted by Gasteiger charge is 2.31. The van der Waals surface area contributed by atoms with Crippen LogP contribution in [0.1, 0.15) is 65.7 Å². The summed E-state index contributed by atoms with van der Waals surface area (Å²) in [7, 11) is 1.40. The first-order valence-corrected chi connectivity index (χ1v) is 8.49. The zero-order chi connectivity index (χ0) is 15.9. The molecule has 1 unspecified atom stereocenters. The highest BCUT2D eigenvalue weighted by Crippen LogP contribution is 2.37. The second kappa shape index (κ2) is 8.14. The Balaban J connectivity index is 2.22. The number of hydrogen-bond acceptors (Lipinski definition) is 4. The topological polar surface area (TPSA) is 55.6 Å². The van der Waals surface area contributed by atoms with Gasteiger partial charge in [0.15, 0.2) is 0 Å². The summed E-state index contributed by atoms with van der Waals surface area (Å²) in [6.45, 7) is 9.98. The molecule has 0 amide bonds. The van der Waals surface area contributed by atoms with Gasteiger partial charge in [0.05, 0.1) is 7.11 Å². The fraction of sp³-hybridized carbons (Fsp3) is 0.941. The van der Waals surface area contributed by atoms with E-state index in [1.807, 2.05) is 0 Å². The Morgan fingerprint density at radius 1 is 1.24 bits per heavy atom. The van der Waals surface area contributed by atoms with Gasteiger partial charge in [0.25, 0.3) is 0 Å². The van der Waals surface area contributed by atoms with Crippen LogP contribution in [0.15, 0.2) is 0 Å². The molecule has 1 aliphatic rings. The molecule has 0 radical (unpaired) electrons. The molecule has 0 aromatic carbocycles. The molecule has 4 heteroatoms. The molecule has 0 saturated carbocycles. The molecule has 0 aromatic rings. The number of carbonyl (C=O) groups is 1. The lowest BCUT2D eigenvalue weighted by atomic mass is 9.74. The molecule has 1 rings (SSSR count). The van der Waals surface area contributed by atoms with Crippen molar-refractivity contribution in [3.8, 4) is 0 Å². The lowest BCUT2D eigenvalue weighted by Gasteiger charge is -2.41. The largest absolute Gasteiger partial charge is 0.468 e. The van der Waals surface area contributed by atoms with E-state index in [0.717, 1.165) is 19.4 Å². The van der Waals surface area contributed by atoms with Gasteiger partial charge in [0, 0.05) is 0 Å². The average Bonchev–Trinajstić information content (AvgIpc) is 2.51. The number of unbranched alkanes of at least 4 members (excludes halogenated alkanes) is 1. The molecule has 124 valence electrons. The van der Waals surface area contributed by atoms with Gasteiger partial charge in [-0.3, -0.25) is 4.79 Å². The third-order valence-electron chi connectivity index (χ3n) is 5.49. The molecular weight excluding hydrogens is 264 g/mol. The number of hydrogen-bond donors (Lipinski definition) is 1. The molecule has 0 aromatic heterocycles. The number of likely N-dealkylation sites (tertiary alicyclic amines) is 1. The predicted octanol–water partition coefficient (Wildman–Crippen LogP) is 2.95. The van der Waals surface area contributed by atoms with Gasteiger partial charge in [-0.05, 0) is 64.1 Å². The normalized spacial score (nSPS) is 21.8. The number of methoxy groups -OCH3 is 1. The van der Waals surface area contributed by atoms with E-state index in [1.54, 1.807) is 6.92 Å². The van der Waals surface area contributed by atoms with Crippen molar-refractivity contribution in [3.63, 3.8) is 0 Å². The van der Waals surface area contributed by atoms with Crippen molar-refractivity contribution >= 4 is 5.97 Å². The van der Waals surface area contributed by atoms with Crippen LogP contribution < -0.4 is 5.73 Å². The molecule has 2 N–H and O–H groups in total. The van der Waals surface area contributed by atoms with Crippen molar-refractivity contribution < 1.29 is 9.53 Å².